The van der Waals surface area contributed by atoms with Gasteiger partial charge in [0.2, 0.25) is 0 Å². The lowest BCUT2D eigenvalue weighted by atomic mass is 9.82. The van der Waals surface area contributed by atoms with Crippen LogP contribution in [0.1, 0.15) is 0 Å². The molecule has 6 heteroatoms. The maximum absolute atomic E-state index is 11.2. The van der Waals surface area contributed by atoms with E-state index in [-0.39, 0.29) is 19.3 Å². The van der Waals surface area contributed by atoms with Gasteiger partial charge in [0.15, 0.2) is 0 Å². The average molecular weight is 215 g/mol. The van der Waals surface area contributed by atoms with E-state index in [1.165, 1.54) is 7.11 Å². The van der Waals surface area contributed by atoms with E-state index in [1.807, 2.05) is 0 Å². The second-order valence-electron chi connectivity index (χ2n) is 2.50. The Morgan fingerprint density at radius 1 is 1.79 bits per heavy atom. The summed E-state index contributed by atoms with van der Waals surface area (Å²) in [7, 11) is 1.54. The van der Waals surface area contributed by atoms with Gasteiger partial charge in [-0.2, -0.15) is 11.8 Å². The molecule has 14 heavy (non-hydrogen) atoms. The van der Waals surface area contributed by atoms with Gasteiger partial charge in [0.25, 0.3) is 0 Å². The smallest absolute Gasteiger partial charge is 0.356 e. The number of methoxy groups -OCH3 is 1. The Morgan fingerprint density at radius 3 is 3.00 bits per heavy atom. The van der Waals surface area contributed by atoms with Crippen LogP contribution in [0.3, 0.4) is 0 Å². The van der Waals surface area contributed by atoms with E-state index >= 15 is 0 Å². The fraction of sp³-hybridized carbons (Fsp3) is 0.500. The second-order valence-corrected chi connectivity index (χ2v) is 3.57. The molecule has 0 saturated carbocycles. The third-order valence-electron chi connectivity index (χ3n) is 1.47. The van der Waals surface area contributed by atoms with Crippen LogP contribution in [0.4, 0.5) is 0 Å². The Hall–Kier alpha value is -0.905. The largest absolute Gasteiger partial charge is 0.556 e. The molecule has 0 aromatic carbocycles. The molecule has 1 N–H and O–H groups in total. The number of esters is 1. The van der Waals surface area contributed by atoms with Crippen molar-refractivity contribution in [3.8, 4) is 0 Å². The Kier molecular flexibility index (Phi) is 8.12. The number of nitrogens with one attached hydrogen (secondary N) is 1. The van der Waals surface area contributed by atoms with Crippen LogP contribution in [-0.2, 0) is 14.2 Å². The molecule has 0 unspecified atom stereocenters. The van der Waals surface area contributed by atoms with Crippen molar-refractivity contribution in [2.24, 2.45) is 0 Å². The number of ether oxygens (including phenoxy) is 1. The highest BCUT2D eigenvalue weighted by atomic mass is 32.2. The zero-order valence-corrected chi connectivity index (χ0v) is 9.01. The normalized spacial score (nSPS) is 11.2. The summed E-state index contributed by atoms with van der Waals surface area (Å²) in [6.45, 7) is 3.58. The number of carbonyl (C=O) groups excluding carboxylic acids is 1. The van der Waals surface area contributed by atoms with Crippen molar-refractivity contribution in [1.29, 1.82) is 5.41 Å². The zero-order chi connectivity index (χ0) is 10.8. The molecule has 0 heterocycles. The number of rotatable bonds is 8. The lowest BCUT2D eigenvalue weighted by molar-refractivity contribution is -0.140. The average Bonchev–Trinajstić information content (AvgIpc) is 2.22. The number of hydrogen-bond acceptors (Lipinski definition) is 5. The van der Waals surface area contributed by atoms with Crippen LogP contribution >= 0.6 is 11.8 Å². The van der Waals surface area contributed by atoms with Crippen molar-refractivity contribution < 1.29 is 14.2 Å². The number of hydrogen-bond donors (Lipinski definition) is 1. The molecule has 0 radical (unpaired) electrons. The van der Waals surface area contributed by atoms with Crippen molar-refractivity contribution in [2.75, 3.05) is 18.6 Å². The van der Waals surface area contributed by atoms with Crippen molar-refractivity contribution in [2.45, 2.75) is 5.82 Å². The van der Waals surface area contributed by atoms with Crippen LogP contribution in [0.15, 0.2) is 12.7 Å². The van der Waals surface area contributed by atoms with Crippen LogP contribution in [-0.4, -0.2) is 38.5 Å². The third-order valence-corrected chi connectivity index (χ3v) is 2.58. The molecule has 1 atom stereocenters. The molecular formula is C8H14BNO3S. The minimum absolute atomic E-state index is 0.195. The van der Waals surface area contributed by atoms with Crippen LogP contribution in [0, 0.1) is 5.41 Å². The van der Waals surface area contributed by atoms with Gasteiger partial charge in [0, 0.05) is 11.5 Å². The summed E-state index contributed by atoms with van der Waals surface area (Å²) in [5, 5.41) is 6.68. The van der Waals surface area contributed by atoms with Crippen molar-refractivity contribution in [3.05, 3.63) is 12.7 Å². The van der Waals surface area contributed by atoms with Gasteiger partial charge >= 0.3 is 13.5 Å². The molecule has 0 spiro atoms. The molecule has 0 aromatic rings. The molecule has 4 nitrogen and oxygen atoms in total. The SMILES string of the molecule is C=CCSC[C@H](BOC=N)C(=O)OC. The summed E-state index contributed by atoms with van der Waals surface area (Å²) in [6.07, 6.45) is 2.60. The summed E-state index contributed by atoms with van der Waals surface area (Å²) in [5.41, 5.74) is 0. The Morgan fingerprint density at radius 2 is 2.50 bits per heavy atom. The van der Waals surface area contributed by atoms with E-state index in [9.17, 15) is 4.79 Å². The highest BCUT2D eigenvalue weighted by molar-refractivity contribution is 7.99. The zero-order valence-electron chi connectivity index (χ0n) is 8.19. The number of carbonyl (C=O) groups is 1. The highest BCUT2D eigenvalue weighted by Gasteiger charge is 2.21. The van der Waals surface area contributed by atoms with E-state index in [4.69, 9.17) is 10.1 Å². The molecular weight excluding hydrogens is 201 g/mol. The van der Waals surface area contributed by atoms with E-state index in [0.717, 1.165) is 12.2 Å². The second kappa shape index (κ2) is 8.68. The van der Waals surface area contributed by atoms with Crippen LogP contribution in [0.25, 0.3) is 0 Å². The molecule has 0 aliphatic heterocycles. The molecule has 78 valence electrons. The summed E-state index contributed by atoms with van der Waals surface area (Å²) in [5.74, 6) is 0.792. The first-order chi connectivity index (χ1) is 6.76. The van der Waals surface area contributed by atoms with E-state index in [2.05, 4.69) is 11.3 Å². The molecule has 0 amide bonds. The van der Waals surface area contributed by atoms with E-state index < -0.39 is 0 Å². The number of thioether (sulfide) groups is 1. The van der Waals surface area contributed by atoms with E-state index in [1.54, 1.807) is 17.8 Å². The Balaban J connectivity index is 3.89. The third kappa shape index (κ3) is 5.69. The first kappa shape index (κ1) is 13.1. The summed E-state index contributed by atoms with van der Waals surface area (Å²) >= 11 is 1.58. The summed E-state index contributed by atoms with van der Waals surface area (Å²) in [6, 6.07) is 0. The van der Waals surface area contributed by atoms with Gasteiger partial charge in [-0.25, -0.2) is 0 Å². The fourth-order valence-corrected chi connectivity index (χ4v) is 1.63. The topological polar surface area (TPSA) is 59.4 Å². The lowest BCUT2D eigenvalue weighted by Gasteiger charge is -2.10. The monoisotopic (exact) mass is 215 g/mol. The van der Waals surface area contributed by atoms with Gasteiger partial charge in [0.1, 0.15) is 6.40 Å². The molecule has 0 bridgehead atoms. The van der Waals surface area contributed by atoms with Gasteiger partial charge in [-0.15, -0.1) is 6.58 Å². The molecule has 0 saturated heterocycles. The lowest BCUT2D eigenvalue weighted by Crippen LogP contribution is -2.21. The minimum atomic E-state index is -0.313. The summed E-state index contributed by atoms with van der Waals surface area (Å²) < 4.78 is 9.36. The van der Waals surface area contributed by atoms with Crippen LogP contribution in [0.2, 0.25) is 5.82 Å². The molecule has 0 aliphatic carbocycles. The van der Waals surface area contributed by atoms with Crippen LogP contribution in [0.5, 0.6) is 0 Å². The summed E-state index contributed by atoms with van der Waals surface area (Å²) in [4.78, 5) is 11.2. The molecule has 0 fully saturated rings. The Bertz CT molecular complexity index is 201. The first-order valence-electron chi connectivity index (χ1n) is 4.13. The minimum Gasteiger partial charge on any atom is -0.556 e. The van der Waals surface area contributed by atoms with Crippen LogP contribution < -0.4 is 0 Å². The van der Waals surface area contributed by atoms with Crippen molar-refractivity contribution >= 4 is 31.6 Å². The maximum atomic E-state index is 11.2. The van der Waals surface area contributed by atoms with E-state index in [0.29, 0.717) is 5.75 Å². The van der Waals surface area contributed by atoms with Gasteiger partial charge < -0.3 is 9.39 Å². The molecule has 0 rings (SSSR count). The highest BCUT2D eigenvalue weighted by Crippen LogP contribution is 2.14. The van der Waals surface area contributed by atoms with Crippen molar-refractivity contribution in [1.82, 2.24) is 0 Å². The predicted molar refractivity (Wildman–Crippen MR) is 60.3 cm³/mol. The van der Waals surface area contributed by atoms with Gasteiger partial charge in [-0.05, 0) is 0 Å². The maximum Gasteiger partial charge on any atom is 0.356 e. The Labute approximate surface area is 88.8 Å². The predicted octanol–water partition coefficient (Wildman–Crippen LogP) is 0.842. The molecule has 0 aliphatic rings. The first-order valence-corrected chi connectivity index (χ1v) is 5.28. The fourth-order valence-electron chi connectivity index (χ4n) is 0.809. The van der Waals surface area contributed by atoms with Gasteiger partial charge in [0.05, 0.1) is 12.9 Å². The quantitative estimate of drug-likeness (QED) is 0.163. The van der Waals surface area contributed by atoms with Crippen molar-refractivity contribution in [3.63, 3.8) is 0 Å². The molecule has 0 aromatic heterocycles. The standard InChI is InChI=1S/C8H14BNO3S/c1-3-4-14-5-7(8(11)12-2)9-13-6-10/h3,6-7,9-10H,1,4-5H2,2H3/t7-/m0/s1. The van der Waals surface area contributed by atoms with Gasteiger partial charge in [-0.1, -0.05) is 6.08 Å². The van der Waals surface area contributed by atoms with Gasteiger partial charge in [-0.3, -0.25) is 10.2 Å².